The molecule has 0 spiro atoms. The van der Waals surface area contributed by atoms with Crippen molar-refractivity contribution in [3.8, 4) is 5.75 Å². The van der Waals surface area contributed by atoms with Gasteiger partial charge in [-0.1, -0.05) is 0 Å². The van der Waals surface area contributed by atoms with Gasteiger partial charge in [-0.15, -0.1) is 0 Å². The Morgan fingerprint density at radius 1 is 1.57 bits per heavy atom. The van der Waals surface area contributed by atoms with E-state index in [1.54, 1.807) is 0 Å². The van der Waals surface area contributed by atoms with E-state index in [1.807, 2.05) is 0 Å². The summed E-state index contributed by atoms with van der Waals surface area (Å²) in [7, 11) is 1.41. The Hall–Kier alpha value is -2.84. The third-order valence-corrected chi connectivity index (χ3v) is 3.66. The highest BCUT2D eigenvalue weighted by atomic mass is 16.6. The van der Waals surface area contributed by atoms with Crippen LogP contribution in [0.25, 0.3) is 0 Å². The van der Waals surface area contributed by atoms with Gasteiger partial charge in [-0.3, -0.25) is 19.7 Å². The van der Waals surface area contributed by atoms with E-state index in [1.165, 1.54) is 30.2 Å². The molecule has 1 fully saturated rings. The summed E-state index contributed by atoms with van der Waals surface area (Å²) in [6.07, 6.45) is 0.0240. The lowest BCUT2D eigenvalue weighted by Gasteiger charge is -2.17. The van der Waals surface area contributed by atoms with Crippen LogP contribution in [0.5, 0.6) is 5.75 Å². The number of nitro groups is 1. The maximum absolute atomic E-state index is 11.7. The minimum Gasteiger partial charge on any atom is -0.494 e. The number of likely N-dealkylation sites (tertiary alicyclic amines) is 1. The Morgan fingerprint density at radius 2 is 2.30 bits per heavy atom. The van der Waals surface area contributed by atoms with Crippen molar-refractivity contribution in [3.63, 3.8) is 0 Å². The van der Waals surface area contributed by atoms with Crippen molar-refractivity contribution >= 4 is 23.3 Å². The Labute approximate surface area is 132 Å². The minimum absolute atomic E-state index is 0.0240. The summed E-state index contributed by atoms with van der Waals surface area (Å²) in [5.41, 5.74) is 0.492. The number of hydrogen-bond acceptors (Lipinski definition) is 6. The zero-order chi connectivity index (χ0) is 17.0. The van der Waals surface area contributed by atoms with E-state index >= 15 is 0 Å². The van der Waals surface area contributed by atoms with E-state index < -0.39 is 16.8 Å². The van der Waals surface area contributed by atoms with Gasteiger partial charge in [0.1, 0.15) is 5.75 Å². The normalized spacial score (nSPS) is 17.2. The number of amides is 1. The van der Waals surface area contributed by atoms with Gasteiger partial charge < -0.3 is 20.1 Å². The van der Waals surface area contributed by atoms with Crippen molar-refractivity contribution in [2.75, 3.05) is 32.1 Å². The molecule has 0 unspecified atom stereocenters. The van der Waals surface area contributed by atoms with Crippen LogP contribution in [0.3, 0.4) is 0 Å². The molecule has 0 aromatic heterocycles. The highest BCUT2D eigenvalue weighted by molar-refractivity contribution is 5.86. The van der Waals surface area contributed by atoms with Crippen LogP contribution in [0.4, 0.5) is 11.4 Å². The van der Waals surface area contributed by atoms with Crippen LogP contribution in [0, 0.1) is 16.0 Å². The van der Waals surface area contributed by atoms with Gasteiger partial charge >= 0.3 is 5.97 Å². The molecule has 1 aliphatic rings. The number of hydrogen-bond donors (Lipinski definition) is 2. The molecule has 1 heterocycles. The van der Waals surface area contributed by atoms with Gasteiger partial charge in [0.25, 0.3) is 5.69 Å². The molecule has 124 valence electrons. The number of ether oxygens (including phenoxy) is 1. The van der Waals surface area contributed by atoms with Crippen LogP contribution in [0.1, 0.15) is 6.42 Å². The predicted molar refractivity (Wildman–Crippen MR) is 80.5 cm³/mol. The zero-order valence-electron chi connectivity index (χ0n) is 12.5. The van der Waals surface area contributed by atoms with Gasteiger partial charge in [0.2, 0.25) is 5.91 Å². The maximum atomic E-state index is 11.7. The highest BCUT2D eigenvalue weighted by Gasteiger charge is 2.33. The number of aliphatic carboxylic acids is 1. The summed E-state index contributed by atoms with van der Waals surface area (Å²) < 4.78 is 5.10. The number of carboxylic acids is 1. The third-order valence-electron chi connectivity index (χ3n) is 3.66. The second-order valence-corrected chi connectivity index (χ2v) is 5.15. The van der Waals surface area contributed by atoms with Gasteiger partial charge in [0.05, 0.1) is 29.7 Å². The van der Waals surface area contributed by atoms with Crippen LogP contribution in [0.15, 0.2) is 18.2 Å². The summed E-state index contributed by atoms with van der Waals surface area (Å²) >= 11 is 0. The Morgan fingerprint density at radius 3 is 2.87 bits per heavy atom. The Balaban J connectivity index is 1.93. The first-order valence-electron chi connectivity index (χ1n) is 6.99. The molecule has 1 aromatic rings. The van der Waals surface area contributed by atoms with E-state index in [4.69, 9.17) is 9.84 Å². The number of non-ortho nitro benzene ring substituents is 1. The number of carbonyl (C=O) groups excluding carboxylic acids is 1. The smallest absolute Gasteiger partial charge is 0.308 e. The number of nitrogens with zero attached hydrogens (tertiary/aromatic N) is 2. The summed E-state index contributed by atoms with van der Waals surface area (Å²) in [6.45, 7) is 0.933. The average Bonchev–Trinajstić information content (AvgIpc) is 2.89. The molecule has 9 heteroatoms. The molecule has 1 aromatic carbocycles. The molecule has 2 N–H and O–H groups in total. The second kappa shape index (κ2) is 6.95. The van der Waals surface area contributed by atoms with Gasteiger partial charge in [0.15, 0.2) is 0 Å². The van der Waals surface area contributed by atoms with Crippen LogP contribution >= 0.6 is 0 Å². The fourth-order valence-electron chi connectivity index (χ4n) is 2.42. The van der Waals surface area contributed by atoms with Crippen molar-refractivity contribution in [1.29, 1.82) is 0 Å². The van der Waals surface area contributed by atoms with Crippen LogP contribution in [-0.4, -0.2) is 53.6 Å². The highest BCUT2D eigenvalue weighted by Crippen LogP contribution is 2.28. The lowest BCUT2D eigenvalue weighted by Crippen LogP contribution is -2.31. The largest absolute Gasteiger partial charge is 0.494 e. The first-order valence-corrected chi connectivity index (χ1v) is 6.99. The summed E-state index contributed by atoms with van der Waals surface area (Å²) in [4.78, 5) is 34.3. The molecule has 1 saturated heterocycles. The lowest BCUT2D eigenvalue weighted by molar-refractivity contribution is -0.384. The number of nitro benzene ring substituents is 1. The van der Waals surface area contributed by atoms with Crippen molar-refractivity contribution in [3.05, 3.63) is 28.3 Å². The number of methoxy groups -OCH3 is 1. The molecule has 0 bridgehead atoms. The molecule has 2 rings (SSSR count). The van der Waals surface area contributed by atoms with Gasteiger partial charge in [-0.05, 0) is 6.07 Å². The molecule has 1 aliphatic heterocycles. The van der Waals surface area contributed by atoms with Gasteiger partial charge in [0, 0.05) is 32.1 Å². The van der Waals surface area contributed by atoms with Gasteiger partial charge in [-0.25, -0.2) is 0 Å². The maximum Gasteiger partial charge on any atom is 0.308 e. The molecule has 0 aliphatic carbocycles. The standard InChI is InChI=1S/C14H17N3O6/c1-23-12-7-10(17(21)22)2-3-11(12)15-4-5-16-8-9(14(19)20)6-13(16)18/h2-3,7,9,15H,4-6,8H2,1H3,(H,19,20)/t9-/m1/s1. The SMILES string of the molecule is COc1cc([N+](=O)[O-])ccc1NCCN1C[C@H](C(=O)O)CC1=O. The third kappa shape index (κ3) is 3.87. The van der Waals surface area contributed by atoms with Crippen molar-refractivity contribution in [2.24, 2.45) is 5.92 Å². The molecule has 0 radical (unpaired) electrons. The lowest BCUT2D eigenvalue weighted by atomic mass is 10.1. The van der Waals surface area contributed by atoms with Crippen molar-refractivity contribution in [2.45, 2.75) is 6.42 Å². The fourth-order valence-corrected chi connectivity index (χ4v) is 2.42. The fraction of sp³-hybridized carbons (Fsp3) is 0.429. The topological polar surface area (TPSA) is 122 Å². The molecule has 9 nitrogen and oxygen atoms in total. The van der Waals surface area contributed by atoms with Crippen LogP contribution < -0.4 is 10.1 Å². The second-order valence-electron chi connectivity index (χ2n) is 5.15. The summed E-state index contributed by atoms with van der Waals surface area (Å²) in [6, 6.07) is 4.19. The van der Waals surface area contributed by atoms with E-state index in [2.05, 4.69) is 5.32 Å². The van der Waals surface area contributed by atoms with Crippen LogP contribution in [-0.2, 0) is 9.59 Å². The minimum atomic E-state index is -0.967. The zero-order valence-corrected chi connectivity index (χ0v) is 12.5. The van der Waals surface area contributed by atoms with E-state index in [9.17, 15) is 19.7 Å². The number of anilines is 1. The van der Waals surface area contributed by atoms with E-state index in [0.717, 1.165) is 0 Å². The average molecular weight is 323 g/mol. The Kier molecular flexibility index (Phi) is 4.99. The first kappa shape index (κ1) is 16.5. The van der Waals surface area contributed by atoms with Crippen molar-refractivity contribution < 1.29 is 24.4 Å². The van der Waals surface area contributed by atoms with Crippen molar-refractivity contribution in [1.82, 2.24) is 4.90 Å². The van der Waals surface area contributed by atoms with E-state index in [0.29, 0.717) is 24.5 Å². The number of nitrogens with one attached hydrogen (secondary N) is 1. The monoisotopic (exact) mass is 323 g/mol. The molecule has 1 atom stereocenters. The summed E-state index contributed by atoms with van der Waals surface area (Å²) in [5, 5.41) is 22.7. The first-order chi connectivity index (χ1) is 10.9. The van der Waals surface area contributed by atoms with Crippen LogP contribution in [0.2, 0.25) is 0 Å². The molecule has 0 saturated carbocycles. The van der Waals surface area contributed by atoms with E-state index in [-0.39, 0.29) is 24.6 Å². The molecular formula is C14H17N3O6. The number of benzene rings is 1. The summed E-state index contributed by atoms with van der Waals surface area (Å²) in [5.74, 6) is -1.48. The molecular weight excluding hydrogens is 306 g/mol. The quantitative estimate of drug-likeness (QED) is 0.565. The number of carbonyl (C=O) groups is 2. The molecule has 23 heavy (non-hydrogen) atoms. The predicted octanol–water partition coefficient (Wildman–Crippen LogP) is 0.948. The number of rotatable bonds is 7. The Bertz CT molecular complexity index is 633. The number of carboxylic acid groups (broad SMARTS) is 1. The van der Waals surface area contributed by atoms with Gasteiger partial charge in [-0.2, -0.15) is 0 Å². The molecule has 1 amide bonds.